The monoisotopic (exact) mass is 264 g/mol. The molecule has 0 aromatic heterocycles. The van der Waals surface area contributed by atoms with Gasteiger partial charge in [0.25, 0.3) is 0 Å². The number of ether oxygens (including phenoxy) is 1. The van der Waals surface area contributed by atoms with Crippen LogP contribution in [-0.4, -0.2) is 34.3 Å². The lowest BCUT2D eigenvalue weighted by molar-refractivity contribution is 0.412. The SMILES string of the molecule is CCC(CNC)CN(C)c1c(C)cc(C)cc1OC. The molecule has 1 atom stereocenters. The summed E-state index contributed by atoms with van der Waals surface area (Å²) in [4.78, 5) is 2.32. The van der Waals surface area contributed by atoms with Crippen LogP contribution in [0, 0.1) is 19.8 Å². The van der Waals surface area contributed by atoms with Crippen LogP contribution in [0.2, 0.25) is 0 Å². The van der Waals surface area contributed by atoms with E-state index in [1.54, 1.807) is 7.11 Å². The van der Waals surface area contributed by atoms with Crippen molar-refractivity contribution >= 4 is 5.69 Å². The molecule has 0 heterocycles. The Morgan fingerprint density at radius 2 is 2.00 bits per heavy atom. The van der Waals surface area contributed by atoms with E-state index in [9.17, 15) is 0 Å². The maximum atomic E-state index is 5.55. The molecule has 1 N–H and O–H groups in total. The van der Waals surface area contributed by atoms with Crippen LogP contribution in [-0.2, 0) is 0 Å². The zero-order valence-corrected chi connectivity index (χ0v) is 13.2. The van der Waals surface area contributed by atoms with Gasteiger partial charge in [0.2, 0.25) is 0 Å². The molecule has 0 radical (unpaired) electrons. The van der Waals surface area contributed by atoms with Crippen LogP contribution < -0.4 is 15.0 Å². The molecular formula is C16H28N2O. The molecule has 1 unspecified atom stereocenters. The van der Waals surface area contributed by atoms with Crippen LogP contribution in [0.4, 0.5) is 5.69 Å². The van der Waals surface area contributed by atoms with Crippen LogP contribution in [0.15, 0.2) is 12.1 Å². The first-order valence-electron chi connectivity index (χ1n) is 7.04. The maximum absolute atomic E-state index is 5.55. The van der Waals surface area contributed by atoms with Crippen LogP contribution >= 0.6 is 0 Å². The lowest BCUT2D eigenvalue weighted by Crippen LogP contribution is -2.31. The van der Waals surface area contributed by atoms with Crippen LogP contribution in [0.3, 0.4) is 0 Å². The fraction of sp³-hybridized carbons (Fsp3) is 0.625. The van der Waals surface area contributed by atoms with E-state index < -0.39 is 0 Å². The molecular weight excluding hydrogens is 236 g/mol. The zero-order valence-electron chi connectivity index (χ0n) is 13.2. The Labute approximate surface area is 118 Å². The second-order valence-corrected chi connectivity index (χ2v) is 5.35. The number of methoxy groups -OCH3 is 1. The molecule has 0 saturated heterocycles. The van der Waals surface area contributed by atoms with Crippen LogP contribution in [0.5, 0.6) is 5.75 Å². The fourth-order valence-electron chi connectivity index (χ4n) is 2.67. The Morgan fingerprint density at radius 1 is 1.32 bits per heavy atom. The lowest BCUT2D eigenvalue weighted by atomic mass is 10.0. The molecule has 0 aliphatic carbocycles. The first-order chi connectivity index (χ1) is 9.03. The van der Waals surface area contributed by atoms with Crippen molar-refractivity contribution in [2.45, 2.75) is 27.2 Å². The Hall–Kier alpha value is -1.22. The summed E-state index contributed by atoms with van der Waals surface area (Å²) in [6.07, 6.45) is 1.18. The molecule has 0 aliphatic rings. The summed E-state index contributed by atoms with van der Waals surface area (Å²) < 4.78 is 5.55. The number of anilines is 1. The van der Waals surface area contributed by atoms with Crippen molar-refractivity contribution < 1.29 is 4.74 Å². The van der Waals surface area contributed by atoms with Crippen molar-refractivity contribution in [3.8, 4) is 5.75 Å². The topological polar surface area (TPSA) is 24.5 Å². The quantitative estimate of drug-likeness (QED) is 0.819. The van der Waals surface area contributed by atoms with Crippen molar-refractivity contribution in [3.05, 3.63) is 23.3 Å². The molecule has 0 saturated carbocycles. The van der Waals surface area contributed by atoms with Crippen LogP contribution in [0.1, 0.15) is 24.5 Å². The van der Waals surface area contributed by atoms with Gasteiger partial charge >= 0.3 is 0 Å². The molecule has 3 heteroatoms. The molecule has 1 aromatic carbocycles. The van der Waals surface area contributed by atoms with Crippen molar-refractivity contribution in [1.82, 2.24) is 5.32 Å². The largest absolute Gasteiger partial charge is 0.495 e. The van der Waals surface area contributed by atoms with E-state index >= 15 is 0 Å². The maximum Gasteiger partial charge on any atom is 0.142 e. The van der Waals surface area contributed by atoms with Gasteiger partial charge in [-0.15, -0.1) is 0 Å². The predicted molar refractivity (Wildman–Crippen MR) is 83.4 cm³/mol. The third-order valence-corrected chi connectivity index (χ3v) is 3.61. The van der Waals surface area contributed by atoms with Gasteiger partial charge in [0.15, 0.2) is 0 Å². The molecule has 108 valence electrons. The number of hydrogen-bond acceptors (Lipinski definition) is 3. The summed E-state index contributed by atoms with van der Waals surface area (Å²) in [6.45, 7) is 8.59. The van der Waals surface area contributed by atoms with Gasteiger partial charge in [0, 0.05) is 13.6 Å². The number of aryl methyl sites for hydroxylation is 2. The lowest BCUT2D eigenvalue weighted by Gasteiger charge is -2.28. The van der Waals surface area contributed by atoms with E-state index in [1.807, 2.05) is 7.05 Å². The summed E-state index contributed by atoms with van der Waals surface area (Å²) in [5, 5.41) is 3.27. The number of hydrogen-bond donors (Lipinski definition) is 1. The van der Waals surface area contributed by atoms with Crippen molar-refractivity contribution in [2.75, 3.05) is 39.2 Å². The van der Waals surface area contributed by atoms with Crippen molar-refractivity contribution in [3.63, 3.8) is 0 Å². The first kappa shape index (κ1) is 15.8. The minimum atomic E-state index is 0.653. The molecule has 0 amide bonds. The molecule has 1 rings (SSSR count). The summed E-state index contributed by atoms with van der Waals surface area (Å²) in [6, 6.07) is 4.32. The second kappa shape index (κ2) is 7.39. The summed E-state index contributed by atoms with van der Waals surface area (Å²) in [5.74, 6) is 1.62. The Bertz CT molecular complexity index is 404. The van der Waals surface area contributed by atoms with E-state index in [1.165, 1.54) is 23.2 Å². The molecule has 0 fully saturated rings. The Morgan fingerprint density at radius 3 is 2.53 bits per heavy atom. The average molecular weight is 264 g/mol. The fourth-order valence-corrected chi connectivity index (χ4v) is 2.67. The van der Waals surface area contributed by atoms with E-state index in [4.69, 9.17) is 4.74 Å². The molecule has 1 aromatic rings. The summed E-state index contributed by atoms with van der Waals surface area (Å²) in [7, 11) is 5.91. The number of rotatable bonds is 7. The average Bonchev–Trinajstić information content (AvgIpc) is 2.36. The van der Waals surface area contributed by atoms with Crippen LogP contribution in [0.25, 0.3) is 0 Å². The highest BCUT2D eigenvalue weighted by Crippen LogP contribution is 2.33. The highest BCUT2D eigenvalue weighted by atomic mass is 16.5. The van der Waals surface area contributed by atoms with E-state index in [0.717, 1.165) is 18.8 Å². The van der Waals surface area contributed by atoms with E-state index in [-0.39, 0.29) is 0 Å². The third-order valence-electron chi connectivity index (χ3n) is 3.61. The van der Waals surface area contributed by atoms with Gasteiger partial charge in [-0.05, 0) is 50.6 Å². The smallest absolute Gasteiger partial charge is 0.142 e. The number of benzene rings is 1. The van der Waals surface area contributed by atoms with Crippen molar-refractivity contribution in [2.24, 2.45) is 5.92 Å². The van der Waals surface area contributed by atoms with E-state index in [0.29, 0.717) is 5.92 Å². The molecule has 19 heavy (non-hydrogen) atoms. The normalized spacial score (nSPS) is 12.3. The van der Waals surface area contributed by atoms with E-state index in [2.05, 4.69) is 50.2 Å². The second-order valence-electron chi connectivity index (χ2n) is 5.35. The Balaban J connectivity index is 2.95. The van der Waals surface area contributed by atoms with Gasteiger partial charge in [0.1, 0.15) is 5.75 Å². The molecule has 0 aliphatic heterocycles. The summed E-state index contributed by atoms with van der Waals surface area (Å²) in [5.41, 5.74) is 3.73. The van der Waals surface area contributed by atoms with Gasteiger partial charge in [0.05, 0.1) is 12.8 Å². The highest BCUT2D eigenvalue weighted by Gasteiger charge is 2.15. The van der Waals surface area contributed by atoms with Crippen molar-refractivity contribution in [1.29, 1.82) is 0 Å². The number of nitrogens with zero attached hydrogens (tertiary/aromatic N) is 1. The third kappa shape index (κ3) is 4.13. The van der Waals surface area contributed by atoms with Gasteiger partial charge in [-0.1, -0.05) is 19.4 Å². The van der Waals surface area contributed by atoms with Gasteiger partial charge in [-0.25, -0.2) is 0 Å². The summed E-state index contributed by atoms with van der Waals surface area (Å²) >= 11 is 0. The van der Waals surface area contributed by atoms with Gasteiger partial charge in [-0.2, -0.15) is 0 Å². The first-order valence-corrected chi connectivity index (χ1v) is 7.04. The van der Waals surface area contributed by atoms with Gasteiger partial charge < -0.3 is 15.0 Å². The predicted octanol–water partition coefficient (Wildman–Crippen LogP) is 2.99. The minimum Gasteiger partial charge on any atom is -0.495 e. The van der Waals surface area contributed by atoms with Gasteiger partial charge in [-0.3, -0.25) is 0 Å². The molecule has 0 spiro atoms. The molecule has 0 bridgehead atoms. The number of nitrogens with one attached hydrogen (secondary N) is 1. The zero-order chi connectivity index (χ0) is 14.4. The Kier molecular flexibility index (Phi) is 6.16. The standard InChI is InChI=1S/C16H28N2O/c1-7-14(10-17-4)11-18(5)16-13(3)8-12(2)9-15(16)19-6/h8-9,14,17H,7,10-11H2,1-6H3. The molecule has 3 nitrogen and oxygen atoms in total. The highest BCUT2D eigenvalue weighted by molar-refractivity contribution is 5.64. The minimum absolute atomic E-state index is 0.653.